The molecule has 3 aromatic rings. The number of hydrogen-bond acceptors (Lipinski definition) is 5. The Morgan fingerprint density at radius 1 is 1.19 bits per heavy atom. The number of carbonyl (C=O) groups is 2. The summed E-state index contributed by atoms with van der Waals surface area (Å²) in [5.41, 5.74) is 2.94. The second-order valence-corrected chi connectivity index (χ2v) is 9.34. The van der Waals surface area contributed by atoms with Gasteiger partial charge in [0.05, 0.1) is 16.8 Å². The molecule has 164 valence electrons. The number of ether oxygens (including phenoxy) is 1. The predicted molar refractivity (Wildman–Crippen MR) is 128 cm³/mol. The number of amides is 2. The van der Waals surface area contributed by atoms with Crippen LogP contribution >= 0.6 is 23.1 Å². The number of nitrogens with zero attached hydrogens (tertiary/aromatic N) is 2. The smallest absolute Gasteiger partial charge is 0.248 e. The topological polar surface area (TPSA) is 72.7 Å². The van der Waals surface area contributed by atoms with Crippen LogP contribution in [0.3, 0.4) is 0 Å². The van der Waals surface area contributed by atoms with Crippen molar-refractivity contribution >= 4 is 50.8 Å². The van der Waals surface area contributed by atoms with Crippen LogP contribution in [0.4, 0.5) is 5.69 Å². The zero-order chi connectivity index (χ0) is 22.2. The molecule has 0 radical (unpaired) electrons. The van der Waals surface area contributed by atoms with Crippen LogP contribution in [0.2, 0.25) is 0 Å². The predicted octanol–water partition coefficient (Wildman–Crippen LogP) is 4.62. The fourth-order valence-electron chi connectivity index (χ4n) is 3.05. The van der Waals surface area contributed by atoms with Gasteiger partial charge >= 0.3 is 0 Å². The Labute approximate surface area is 190 Å². The molecule has 2 aromatic carbocycles. The van der Waals surface area contributed by atoms with Crippen LogP contribution in [-0.4, -0.2) is 35.9 Å². The monoisotopic (exact) mass is 457 g/mol. The molecule has 1 N–H and O–H groups in total. The molecule has 0 saturated heterocycles. The quantitative estimate of drug-likeness (QED) is 0.376. The Kier molecular flexibility index (Phi) is 8.45. The van der Waals surface area contributed by atoms with Gasteiger partial charge in [0.1, 0.15) is 0 Å². The van der Waals surface area contributed by atoms with Gasteiger partial charge < -0.3 is 14.6 Å². The fraction of sp³-hybridized carbons (Fsp3) is 0.348. The van der Waals surface area contributed by atoms with E-state index in [0.29, 0.717) is 24.4 Å². The Morgan fingerprint density at radius 3 is 2.68 bits per heavy atom. The molecule has 0 aliphatic rings. The Hall–Kier alpha value is -2.42. The van der Waals surface area contributed by atoms with Crippen molar-refractivity contribution in [1.29, 1.82) is 0 Å². The van der Waals surface area contributed by atoms with Crippen LogP contribution in [0, 0.1) is 6.92 Å². The summed E-state index contributed by atoms with van der Waals surface area (Å²) in [5.74, 6) is 0.636. The van der Waals surface area contributed by atoms with Gasteiger partial charge in [0.2, 0.25) is 11.8 Å². The first-order valence-corrected chi connectivity index (χ1v) is 11.9. The highest BCUT2D eigenvalue weighted by atomic mass is 32.2. The highest BCUT2D eigenvalue weighted by Gasteiger charge is 2.09. The third-order valence-electron chi connectivity index (χ3n) is 4.57. The van der Waals surface area contributed by atoms with Gasteiger partial charge in [0.25, 0.3) is 0 Å². The number of hydrogen-bond donors (Lipinski definition) is 1. The largest absolute Gasteiger partial charge is 0.383 e. The van der Waals surface area contributed by atoms with Crippen LogP contribution < -0.4 is 10.1 Å². The first kappa shape index (κ1) is 23.2. The number of fused-ring (bicyclic) bond motifs is 1. The lowest BCUT2D eigenvalue weighted by molar-refractivity contribution is -0.118. The fourth-order valence-corrected chi connectivity index (χ4v) is 5.01. The lowest BCUT2D eigenvalue weighted by atomic mass is 10.2. The van der Waals surface area contributed by atoms with E-state index in [0.717, 1.165) is 28.1 Å². The number of methoxy groups -OCH3 is 1. The molecule has 2 amide bonds. The standard InChI is InChI=1S/C23H27N3O3S2/c1-16-6-9-19(10-7-16)30-14-4-5-22(28)25-23-26(12-13-29-3)20-11-8-18(24-17(2)27)15-21(20)31-23/h6-11,15H,4-5,12-14H2,1-3H3,(H,24,27). The van der Waals surface area contributed by atoms with Crippen LogP contribution in [0.15, 0.2) is 52.4 Å². The van der Waals surface area contributed by atoms with Crippen LogP contribution in [-0.2, 0) is 20.9 Å². The van der Waals surface area contributed by atoms with Gasteiger partial charge in [-0.25, -0.2) is 0 Å². The second kappa shape index (κ2) is 11.3. The summed E-state index contributed by atoms with van der Waals surface area (Å²) < 4.78 is 8.19. The molecule has 3 rings (SSSR count). The van der Waals surface area contributed by atoms with Gasteiger partial charge in [-0.15, -0.1) is 11.8 Å². The molecule has 0 aliphatic heterocycles. The molecule has 0 spiro atoms. The van der Waals surface area contributed by atoms with Crippen molar-refractivity contribution < 1.29 is 14.3 Å². The molecular formula is C23H27N3O3S2. The number of aromatic nitrogens is 1. The number of rotatable bonds is 9. The number of aryl methyl sites for hydroxylation is 1. The molecule has 31 heavy (non-hydrogen) atoms. The highest BCUT2D eigenvalue weighted by Crippen LogP contribution is 2.22. The van der Waals surface area contributed by atoms with Crippen LogP contribution in [0.5, 0.6) is 0 Å². The van der Waals surface area contributed by atoms with E-state index in [9.17, 15) is 9.59 Å². The number of carbonyl (C=O) groups excluding carboxylic acids is 2. The van der Waals surface area contributed by atoms with Crippen molar-refractivity contribution in [1.82, 2.24) is 4.57 Å². The Bertz CT molecular complexity index is 1120. The summed E-state index contributed by atoms with van der Waals surface area (Å²) in [6.45, 7) is 4.68. The molecule has 1 aromatic heterocycles. The molecule has 0 bridgehead atoms. The minimum Gasteiger partial charge on any atom is -0.383 e. The molecular weight excluding hydrogens is 430 g/mol. The van der Waals surface area contributed by atoms with Crippen LogP contribution in [0.1, 0.15) is 25.3 Å². The van der Waals surface area contributed by atoms with Crippen LogP contribution in [0.25, 0.3) is 10.2 Å². The summed E-state index contributed by atoms with van der Waals surface area (Å²) in [4.78, 5) is 30.1. The van der Waals surface area contributed by atoms with Crippen molar-refractivity contribution in [2.24, 2.45) is 4.99 Å². The summed E-state index contributed by atoms with van der Waals surface area (Å²) >= 11 is 3.20. The zero-order valence-corrected chi connectivity index (χ0v) is 19.6. The number of thiazole rings is 1. The highest BCUT2D eigenvalue weighted by molar-refractivity contribution is 7.99. The van der Waals surface area contributed by atoms with Gasteiger partial charge in [0.15, 0.2) is 4.80 Å². The summed E-state index contributed by atoms with van der Waals surface area (Å²) in [7, 11) is 1.65. The van der Waals surface area contributed by atoms with Crippen molar-refractivity contribution in [2.75, 3.05) is 24.8 Å². The minimum atomic E-state index is -0.121. The van der Waals surface area contributed by atoms with E-state index in [1.807, 2.05) is 22.8 Å². The molecule has 6 nitrogen and oxygen atoms in total. The maximum atomic E-state index is 12.5. The van der Waals surface area contributed by atoms with Crippen molar-refractivity contribution in [3.8, 4) is 0 Å². The van der Waals surface area contributed by atoms with Gasteiger partial charge in [0, 0.05) is 37.6 Å². The molecule has 0 atom stereocenters. The number of thioether (sulfide) groups is 1. The maximum absolute atomic E-state index is 12.5. The van der Waals surface area contributed by atoms with E-state index in [1.54, 1.807) is 18.9 Å². The van der Waals surface area contributed by atoms with Gasteiger partial charge in [-0.3, -0.25) is 9.59 Å². The normalized spacial score (nSPS) is 11.8. The van der Waals surface area contributed by atoms with E-state index < -0.39 is 0 Å². The molecule has 1 heterocycles. The Morgan fingerprint density at radius 2 is 1.97 bits per heavy atom. The number of nitrogens with one attached hydrogen (secondary N) is 1. The Balaban J connectivity index is 1.71. The molecule has 0 unspecified atom stereocenters. The molecule has 0 saturated carbocycles. The average Bonchev–Trinajstić information content (AvgIpc) is 3.06. The van der Waals surface area contributed by atoms with Gasteiger partial charge in [-0.1, -0.05) is 29.0 Å². The third kappa shape index (κ3) is 6.78. The zero-order valence-electron chi connectivity index (χ0n) is 18.0. The van der Waals surface area contributed by atoms with E-state index in [1.165, 1.54) is 28.7 Å². The average molecular weight is 458 g/mol. The maximum Gasteiger partial charge on any atom is 0.248 e. The van der Waals surface area contributed by atoms with Crippen molar-refractivity contribution in [3.05, 3.63) is 52.8 Å². The van der Waals surface area contributed by atoms with E-state index in [2.05, 4.69) is 41.5 Å². The molecule has 0 fully saturated rings. The third-order valence-corrected chi connectivity index (χ3v) is 6.71. The first-order valence-electron chi connectivity index (χ1n) is 10.1. The van der Waals surface area contributed by atoms with Gasteiger partial charge in [-0.2, -0.15) is 4.99 Å². The summed E-state index contributed by atoms with van der Waals surface area (Å²) in [5, 5.41) is 2.79. The van der Waals surface area contributed by atoms with E-state index >= 15 is 0 Å². The first-order chi connectivity index (χ1) is 15.0. The van der Waals surface area contributed by atoms with Crippen molar-refractivity contribution in [2.45, 2.75) is 38.1 Å². The van der Waals surface area contributed by atoms with E-state index in [-0.39, 0.29) is 11.8 Å². The number of anilines is 1. The number of benzene rings is 2. The summed E-state index contributed by atoms with van der Waals surface area (Å²) in [6.07, 6.45) is 1.19. The molecule has 0 aliphatic carbocycles. The van der Waals surface area contributed by atoms with Crippen molar-refractivity contribution in [3.63, 3.8) is 0 Å². The minimum absolute atomic E-state index is 0.119. The molecule has 8 heteroatoms. The second-order valence-electron chi connectivity index (χ2n) is 7.16. The summed E-state index contributed by atoms with van der Waals surface area (Å²) in [6, 6.07) is 14.1. The SMILES string of the molecule is COCCn1c(=NC(=O)CCCSc2ccc(C)cc2)sc2cc(NC(C)=O)ccc21. The lowest BCUT2D eigenvalue weighted by Crippen LogP contribution is -2.19. The van der Waals surface area contributed by atoms with Gasteiger partial charge in [-0.05, 0) is 49.4 Å². The lowest BCUT2D eigenvalue weighted by Gasteiger charge is -2.05. The van der Waals surface area contributed by atoms with E-state index in [4.69, 9.17) is 4.74 Å².